The molecule has 3 rings (SSSR count). The van der Waals surface area contributed by atoms with Gasteiger partial charge in [0.15, 0.2) is 22.8 Å². The molecule has 0 aromatic carbocycles. The molecule has 26 nitrogen and oxygen atoms in total. The lowest BCUT2D eigenvalue weighted by Crippen LogP contribution is -2.46. The van der Waals surface area contributed by atoms with Gasteiger partial charge in [-0.2, -0.15) is 4.31 Å². The Kier molecular flexibility index (Phi) is 14.7. The number of aromatic nitrogens is 4. The number of aliphatic hydroxyl groups is 2. The van der Waals surface area contributed by atoms with Crippen LogP contribution in [0.1, 0.15) is 35.6 Å². The molecule has 3 heterocycles. The second-order valence-electron chi connectivity index (χ2n) is 11.6. The summed E-state index contributed by atoms with van der Waals surface area (Å²) in [5.74, 6) is -3.89. The molecule has 0 radical (unpaired) electrons. The van der Waals surface area contributed by atoms with Crippen LogP contribution in [0.2, 0.25) is 0 Å². The molecule has 1 saturated heterocycles. The molecule has 2 aromatic rings. The third-order valence-electron chi connectivity index (χ3n) is 6.94. The van der Waals surface area contributed by atoms with Crippen LogP contribution >= 0.6 is 35.2 Å². The predicted molar refractivity (Wildman–Crippen MR) is 179 cm³/mol. The molecule has 1 aliphatic rings. The molecule has 304 valence electrons. The standard InChI is InChI=1S/C24H38N7O19P3S/c1-24(2,19(37)22(38)27-4-3-13(32)26-5-6-54-15(35)7-14(33)34)9-47-53(44,45)50-52(42,43)46-8-12-18(49-51(39,40)41)17(36)23(48-12)31-11-30-16-20(25)28-10-29-21(16)31/h10-12,17-19,23,36-37H,3-9H2,1-2H3,(H,26,32)(H,27,38)(H,33,34)(H,42,43)(H,44,45)(H2,25,28,29)(H2,39,40,41)/i7D2. The van der Waals surface area contributed by atoms with Gasteiger partial charge in [0, 0.05) is 33.4 Å². The number of nitrogen functional groups attached to an aromatic ring is 1. The lowest BCUT2D eigenvalue weighted by atomic mass is 9.87. The Bertz CT molecular complexity index is 1920. The summed E-state index contributed by atoms with van der Waals surface area (Å²) < 4.78 is 76.1. The fraction of sp³-hybridized carbons (Fsp3) is 0.625. The number of nitrogens with one attached hydrogen (secondary N) is 2. The van der Waals surface area contributed by atoms with E-state index in [9.17, 15) is 62.7 Å². The minimum absolute atomic E-state index is 0.00906. The van der Waals surface area contributed by atoms with Gasteiger partial charge in [-0.25, -0.2) is 28.6 Å². The number of hydrogen-bond acceptors (Lipinski definition) is 19. The minimum Gasteiger partial charge on any atom is -0.481 e. The summed E-state index contributed by atoms with van der Waals surface area (Å²) in [4.78, 5) is 97.6. The number of carboxylic acids is 1. The van der Waals surface area contributed by atoms with Gasteiger partial charge >= 0.3 is 29.4 Å². The topological polar surface area (TPSA) is 401 Å². The summed E-state index contributed by atoms with van der Waals surface area (Å²) in [5.41, 5.74) is 4.13. The Morgan fingerprint density at radius 3 is 2.41 bits per heavy atom. The third kappa shape index (κ3) is 13.6. The Morgan fingerprint density at radius 1 is 1.09 bits per heavy atom. The van der Waals surface area contributed by atoms with Crippen molar-refractivity contribution in [3.63, 3.8) is 0 Å². The van der Waals surface area contributed by atoms with Crippen LogP contribution in [0, 0.1) is 5.41 Å². The number of nitrogens with two attached hydrogens (primary N) is 1. The number of carbonyl (C=O) groups is 4. The first-order valence-corrected chi connectivity index (χ1v) is 20.5. The number of aliphatic carboxylic acids is 1. The number of carboxylic acid groups (broad SMARTS) is 1. The Balaban J connectivity index is 1.50. The molecule has 0 aliphatic carbocycles. The molecule has 7 unspecified atom stereocenters. The first-order chi connectivity index (χ1) is 25.7. The highest BCUT2D eigenvalue weighted by Crippen LogP contribution is 2.61. The van der Waals surface area contributed by atoms with Crippen molar-refractivity contribution < 1.29 is 93.1 Å². The van der Waals surface area contributed by atoms with Crippen LogP contribution in [0.3, 0.4) is 0 Å². The zero-order valence-electron chi connectivity index (χ0n) is 29.9. The third-order valence-corrected chi connectivity index (χ3v) is 10.8. The number of rotatable bonds is 21. The average molecular weight is 856 g/mol. The molecule has 1 aliphatic heterocycles. The Morgan fingerprint density at radius 2 is 1.76 bits per heavy atom. The zero-order chi connectivity index (χ0) is 42.4. The van der Waals surface area contributed by atoms with E-state index in [-0.39, 0.29) is 42.2 Å². The molecule has 7 atom stereocenters. The fourth-order valence-corrected chi connectivity index (χ4v) is 7.78. The van der Waals surface area contributed by atoms with Gasteiger partial charge < -0.3 is 56.0 Å². The van der Waals surface area contributed by atoms with Crippen LogP contribution in [-0.4, -0.2) is 134 Å². The Labute approximate surface area is 311 Å². The lowest BCUT2D eigenvalue weighted by Gasteiger charge is -2.30. The van der Waals surface area contributed by atoms with Crippen LogP contribution in [0.4, 0.5) is 5.82 Å². The summed E-state index contributed by atoms with van der Waals surface area (Å²) in [6.07, 6.45) is -10.4. The predicted octanol–water partition coefficient (Wildman–Crippen LogP) is -1.86. The quantitative estimate of drug-likeness (QED) is 0.0374. The molecule has 0 spiro atoms. The number of ether oxygens (including phenoxy) is 1. The van der Waals surface area contributed by atoms with Crippen LogP contribution in [0.5, 0.6) is 0 Å². The number of hydrogen-bond donors (Lipinski definition) is 10. The molecular formula is C24H38N7O19P3S. The molecule has 30 heteroatoms. The molecule has 2 aromatic heterocycles. The first-order valence-electron chi connectivity index (χ1n) is 16.0. The van der Waals surface area contributed by atoms with Gasteiger partial charge in [0.05, 0.1) is 19.5 Å². The summed E-state index contributed by atoms with van der Waals surface area (Å²) in [7, 11) is -16.5. The number of aliphatic hydroxyl groups excluding tert-OH is 2. The lowest BCUT2D eigenvalue weighted by molar-refractivity contribution is -0.139. The van der Waals surface area contributed by atoms with E-state index in [1.165, 1.54) is 13.8 Å². The fourth-order valence-electron chi connectivity index (χ4n) is 4.40. The number of imidazole rings is 1. The summed E-state index contributed by atoms with van der Waals surface area (Å²) in [5, 5.41) is 33.4. The Hall–Kier alpha value is -2.97. The number of fused-ring (bicyclic) bond motifs is 1. The van der Waals surface area contributed by atoms with Gasteiger partial charge in [-0.3, -0.25) is 37.3 Å². The number of anilines is 1. The zero-order valence-corrected chi connectivity index (χ0v) is 31.4. The molecule has 0 bridgehead atoms. The molecular weight excluding hydrogens is 815 g/mol. The van der Waals surface area contributed by atoms with Crippen molar-refractivity contribution in [3.05, 3.63) is 12.7 Å². The molecule has 0 saturated carbocycles. The van der Waals surface area contributed by atoms with Crippen LogP contribution in [0.25, 0.3) is 11.2 Å². The van der Waals surface area contributed by atoms with E-state index < -0.39 is 102 Å². The van der Waals surface area contributed by atoms with E-state index in [1.807, 2.05) is 0 Å². The maximum absolute atomic E-state index is 12.6. The maximum Gasteiger partial charge on any atom is 0.481 e. The summed E-state index contributed by atoms with van der Waals surface area (Å²) in [6, 6.07) is 0. The normalized spacial score (nSPS) is 22.7. The van der Waals surface area contributed by atoms with Crippen LogP contribution in [0.15, 0.2) is 12.7 Å². The van der Waals surface area contributed by atoms with E-state index in [0.29, 0.717) is 11.8 Å². The van der Waals surface area contributed by atoms with Gasteiger partial charge in [0.25, 0.3) is 0 Å². The molecule has 11 N–H and O–H groups in total. The smallest absolute Gasteiger partial charge is 0.481 e. The average Bonchev–Trinajstić information content (AvgIpc) is 3.64. The van der Waals surface area contributed by atoms with Gasteiger partial charge in [0.2, 0.25) is 11.8 Å². The molecule has 1 fully saturated rings. The number of phosphoric ester groups is 3. The summed E-state index contributed by atoms with van der Waals surface area (Å²) >= 11 is 0.350. The second-order valence-corrected chi connectivity index (χ2v) is 16.9. The van der Waals surface area contributed by atoms with E-state index in [1.54, 1.807) is 0 Å². The van der Waals surface area contributed by atoms with E-state index in [0.717, 1.165) is 17.2 Å². The van der Waals surface area contributed by atoms with Gasteiger partial charge in [-0.05, 0) is 0 Å². The van der Waals surface area contributed by atoms with Gasteiger partial charge in [-0.1, -0.05) is 25.6 Å². The number of carbonyl (C=O) groups excluding carboxylic acids is 3. The number of phosphoric acid groups is 3. The molecule has 54 heavy (non-hydrogen) atoms. The maximum atomic E-state index is 12.6. The van der Waals surface area contributed by atoms with E-state index in [4.69, 9.17) is 27.4 Å². The van der Waals surface area contributed by atoms with Crippen molar-refractivity contribution in [3.8, 4) is 0 Å². The van der Waals surface area contributed by atoms with Gasteiger partial charge in [-0.15, -0.1) is 0 Å². The van der Waals surface area contributed by atoms with Crippen LogP contribution < -0.4 is 16.4 Å². The highest BCUT2D eigenvalue weighted by molar-refractivity contribution is 8.13. The molecule has 2 amide bonds. The largest absolute Gasteiger partial charge is 0.481 e. The van der Waals surface area contributed by atoms with Gasteiger partial charge in [0.1, 0.15) is 42.6 Å². The van der Waals surface area contributed by atoms with E-state index in [2.05, 4.69) is 34.4 Å². The van der Waals surface area contributed by atoms with Crippen molar-refractivity contribution in [2.24, 2.45) is 5.41 Å². The van der Waals surface area contributed by atoms with Crippen molar-refractivity contribution in [1.82, 2.24) is 30.2 Å². The SMILES string of the molecule is [2H]C([2H])(C(=O)O)C(=O)SCCNC(=O)CCNC(=O)C(O)C(C)(C)COP(=O)(O)OP(=O)(O)OCC1OC(n2cnc3c(N)ncnc32)C(O)C1OP(=O)(O)O. The minimum atomic E-state index is -5.61. The van der Waals surface area contributed by atoms with Crippen molar-refractivity contribution >= 4 is 75.1 Å². The number of amides is 2. The number of nitrogens with zero attached hydrogens (tertiary/aromatic N) is 4. The van der Waals surface area contributed by atoms with Crippen molar-refractivity contribution in [2.45, 2.75) is 57.3 Å². The second kappa shape index (κ2) is 18.8. The van der Waals surface area contributed by atoms with Crippen molar-refractivity contribution in [1.29, 1.82) is 0 Å². The highest BCUT2D eigenvalue weighted by atomic mass is 32.2. The van der Waals surface area contributed by atoms with Crippen LogP contribution in [-0.2, 0) is 55.5 Å². The monoisotopic (exact) mass is 855 g/mol. The summed E-state index contributed by atoms with van der Waals surface area (Å²) in [6.45, 7) is -0.215. The first kappa shape index (κ1) is 42.2. The number of thioether (sulfide) groups is 1. The highest BCUT2D eigenvalue weighted by Gasteiger charge is 2.50. The van der Waals surface area contributed by atoms with Crippen molar-refractivity contribution in [2.75, 3.05) is 37.8 Å². The van der Waals surface area contributed by atoms with E-state index >= 15 is 0 Å².